The number of phenols is 1. The van der Waals surface area contributed by atoms with Gasteiger partial charge in [-0.2, -0.15) is 0 Å². The SMILES string of the molecule is CC(=O)NC(Cc1ccc(O)cc1)[C@]1(C)NC(=O)NC1=O. The molecule has 21 heavy (non-hydrogen) atoms. The lowest BCUT2D eigenvalue weighted by atomic mass is 9.87. The third-order valence-electron chi connectivity index (χ3n) is 3.52. The van der Waals surface area contributed by atoms with E-state index in [2.05, 4.69) is 16.0 Å². The molecule has 0 spiro atoms. The number of amides is 4. The Morgan fingerprint density at radius 3 is 2.43 bits per heavy atom. The van der Waals surface area contributed by atoms with E-state index in [-0.39, 0.29) is 11.7 Å². The van der Waals surface area contributed by atoms with Crippen LogP contribution in [0.2, 0.25) is 0 Å². The predicted octanol–water partition coefficient (Wildman–Crippen LogP) is 0.0375. The van der Waals surface area contributed by atoms with Gasteiger partial charge in [-0.15, -0.1) is 0 Å². The van der Waals surface area contributed by atoms with Gasteiger partial charge in [0.15, 0.2) is 0 Å². The second-order valence-corrected chi connectivity index (χ2v) is 5.23. The number of imide groups is 1. The Bertz CT molecular complexity index is 584. The minimum Gasteiger partial charge on any atom is -0.508 e. The molecule has 1 aliphatic rings. The summed E-state index contributed by atoms with van der Waals surface area (Å²) in [5.41, 5.74) is -0.401. The molecule has 7 heteroatoms. The van der Waals surface area contributed by atoms with E-state index in [0.717, 1.165) is 5.56 Å². The monoisotopic (exact) mass is 291 g/mol. The van der Waals surface area contributed by atoms with Crippen LogP contribution in [0.15, 0.2) is 24.3 Å². The molecule has 1 heterocycles. The molecule has 1 fully saturated rings. The normalized spacial score (nSPS) is 22.4. The highest BCUT2D eigenvalue weighted by Crippen LogP contribution is 2.20. The lowest BCUT2D eigenvalue weighted by Gasteiger charge is -2.31. The Morgan fingerprint density at radius 1 is 1.33 bits per heavy atom. The first-order valence-corrected chi connectivity index (χ1v) is 6.50. The van der Waals surface area contributed by atoms with Crippen molar-refractivity contribution in [1.29, 1.82) is 0 Å². The summed E-state index contributed by atoms with van der Waals surface area (Å²) in [5, 5.41) is 16.7. The van der Waals surface area contributed by atoms with Crippen LogP contribution in [0.1, 0.15) is 19.4 Å². The van der Waals surface area contributed by atoms with Crippen LogP contribution in [0.4, 0.5) is 4.79 Å². The van der Waals surface area contributed by atoms with Crippen LogP contribution in [-0.2, 0) is 16.0 Å². The van der Waals surface area contributed by atoms with E-state index in [9.17, 15) is 19.5 Å². The molecular weight excluding hydrogens is 274 g/mol. The molecule has 1 aromatic carbocycles. The molecule has 0 saturated carbocycles. The van der Waals surface area contributed by atoms with Crippen molar-refractivity contribution in [2.75, 3.05) is 0 Å². The number of phenolic OH excluding ortho intramolecular Hbond substituents is 1. The molecular formula is C14H17N3O4. The minimum atomic E-state index is -1.22. The van der Waals surface area contributed by atoms with Gasteiger partial charge in [0.25, 0.3) is 5.91 Å². The smallest absolute Gasteiger partial charge is 0.322 e. The van der Waals surface area contributed by atoms with Crippen LogP contribution >= 0.6 is 0 Å². The van der Waals surface area contributed by atoms with Gasteiger partial charge < -0.3 is 15.7 Å². The molecule has 112 valence electrons. The number of urea groups is 1. The summed E-state index contributed by atoms with van der Waals surface area (Å²) in [6, 6.07) is 5.25. The first-order valence-electron chi connectivity index (χ1n) is 6.50. The summed E-state index contributed by atoms with van der Waals surface area (Å²) in [7, 11) is 0. The van der Waals surface area contributed by atoms with Crippen molar-refractivity contribution in [3.63, 3.8) is 0 Å². The number of rotatable bonds is 4. The Morgan fingerprint density at radius 2 is 1.95 bits per heavy atom. The van der Waals surface area contributed by atoms with Gasteiger partial charge in [0.05, 0.1) is 6.04 Å². The van der Waals surface area contributed by atoms with Gasteiger partial charge in [0.1, 0.15) is 11.3 Å². The van der Waals surface area contributed by atoms with Crippen molar-refractivity contribution in [3.05, 3.63) is 29.8 Å². The van der Waals surface area contributed by atoms with E-state index >= 15 is 0 Å². The van der Waals surface area contributed by atoms with Gasteiger partial charge in [-0.3, -0.25) is 14.9 Å². The number of carbonyl (C=O) groups excluding carboxylic acids is 3. The molecule has 1 aliphatic heterocycles. The number of nitrogens with one attached hydrogen (secondary N) is 3. The number of aromatic hydroxyl groups is 1. The molecule has 7 nitrogen and oxygen atoms in total. The summed E-state index contributed by atoms with van der Waals surface area (Å²) in [5.74, 6) is -0.646. The maximum absolute atomic E-state index is 12.0. The summed E-state index contributed by atoms with van der Waals surface area (Å²) >= 11 is 0. The van der Waals surface area contributed by atoms with Crippen LogP contribution in [0, 0.1) is 0 Å². The zero-order valence-electron chi connectivity index (χ0n) is 11.8. The van der Waals surface area contributed by atoms with Crippen molar-refractivity contribution in [1.82, 2.24) is 16.0 Å². The standard InChI is InChI=1S/C14H17N3O4/c1-8(18)15-11(7-9-3-5-10(19)6-4-9)14(2)12(20)16-13(21)17-14/h3-6,11,19H,7H2,1-2H3,(H,15,18)(H2,16,17,20,21)/t11?,14-/m0/s1. The quantitative estimate of drug-likeness (QED) is 0.587. The van der Waals surface area contributed by atoms with Gasteiger partial charge in [-0.05, 0) is 31.0 Å². The molecule has 0 radical (unpaired) electrons. The van der Waals surface area contributed by atoms with Gasteiger partial charge in [0, 0.05) is 6.92 Å². The minimum absolute atomic E-state index is 0.132. The number of hydrogen-bond donors (Lipinski definition) is 4. The second kappa shape index (κ2) is 5.43. The average molecular weight is 291 g/mol. The van der Waals surface area contributed by atoms with Crippen molar-refractivity contribution in [2.45, 2.75) is 31.8 Å². The first-order chi connectivity index (χ1) is 9.81. The average Bonchev–Trinajstić information content (AvgIpc) is 2.65. The molecule has 2 rings (SSSR count). The lowest BCUT2D eigenvalue weighted by molar-refractivity contribution is -0.125. The molecule has 0 bridgehead atoms. The predicted molar refractivity (Wildman–Crippen MR) is 74.5 cm³/mol. The number of hydrogen-bond acceptors (Lipinski definition) is 4. The molecule has 0 aromatic heterocycles. The van der Waals surface area contributed by atoms with Crippen molar-refractivity contribution in [2.24, 2.45) is 0 Å². The fourth-order valence-corrected chi connectivity index (χ4v) is 2.31. The van der Waals surface area contributed by atoms with Crippen LogP contribution < -0.4 is 16.0 Å². The zero-order chi connectivity index (χ0) is 15.6. The van der Waals surface area contributed by atoms with E-state index in [1.165, 1.54) is 19.1 Å². The molecule has 4 amide bonds. The second-order valence-electron chi connectivity index (χ2n) is 5.23. The van der Waals surface area contributed by atoms with Crippen LogP contribution in [0.3, 0.4) is 0 Å². The fourth-order valence-electron chi connectivity index (χ4n) is 2.31. The molecule has 1 aromatic rings. The van der Waals surface area contributed by atoms with E-state index in [1.807, 2.05) is 0 Å². The molecule has 1 unspecified atom stereocenters. The molecule has 2 atom stereocenters. The van der Waals surface area contributed by atoms with E-state index in [0.29, 0.717) is 6.42 Å². The highest BCUT2D eigenvalue weighted by atomic mass is 16.3. The summed E-state index contributed by atoms with van der Waals surface area (Å²) in [6.07, 6.45) is 0.337. The largest absolute Gasteiger partial charge is 0.508 e. The Kier molecular flexibility index (Phi) is 3.84. The third-order valence-corrected chi connectivity index (χ3v) is 3.52. The third kappa shape index (κ3) is 3.13. The van der Waals surface area contributed by atoms with Gasteiger partial charge >= 0.3 is 6.03 Å². The Labute approximate surface area is 121 Å². The van der Waals surface area contributed by atoms with E-state index < -0.39 is 23.5 Å². The summed E-state index contributed by atoms with van der Waals surface area (Å²) in [6.45, 7) is 2.91. The topological polar surface area (TPSA) is 108 Å². The highest BCUT2D eigenvalue weighted by molar-refractivity contribution is 6.07. The van der Waals surface area contributed by atoms with Crippen LogP contribution in [0.25, 0.3) is 0 Å². The highest BCUT2D eigenvalue weighted by Gasteiger charge is 2.48. The van der Waals surface area contributed by atoms with E-state index in [4.69, 9.17) is 0 Å². The number of benzene rings is 1. The maximum atomic E-state index is 12.0. The fraction of sp³-hybridized carbons (Fsp3) is 0.357. The van der Waals surface area contributed by atoms with Crippen LogP contribution in [0.5, 0.6) is 5.75 Å². The van der Waals surface area contributed by atoms with Crippen molar-refractivity contribution in [3.8, 4) is 5.75 Å². The maximum Gasteiger partial charge on any atom is 0.322 e. The first kappa shape index (κ1) is 14.8. The Hall–Kier alpha value is -2.57. The van der Waals surface area contributed by atoms with Crippen molar-refractivity contribution < 1.29 is 19.5 Å². The zero-order valence-corrected chi connectivity index (χ0v) is 11.8. The van der Waals surface area contributed by atoms with Gasteiger partial charge in [-0.1, -0.05) is 12.1 Å². The number of carbonyl (C=O) groups is 3. The van der Waals surface area contributed by atoms with E-state index in [1.54, 1.807) is 19.1 Å². The lowest BCUT2D eigenvalue weighted by Crippen LogP contribution is -2.61. The Balaban J connectivity index is 2.26. The van der Waals surface area contributed by atoms with Crippen LogP contribution in [-0.4, -0.2) is 34.5 Å². The molecule has 0 aliphatic carbocycles. The summed E-state index contributed by atoms with van der Waals surface area (Å²) in [4.78, 5) is 34.7. The van der Waals surface area contributed by atoms with Gasteiger partial charge in [0.2, 0.25) is 5.91 Å². The van der Waals surface area contributed by atoms with Gasteiger partial charge in [-0.25, -0.2) is 4.79 Å². The molecule has 4 N–H and O–H groups in total. The molecule has 1 saturated heterocycles. The summed E-state index contributed by atoms with van der Waals surface area (Å²) < 4.78 is 0. The van der Waals surface area contributed by atoms with Crippen molar-refractivity contribution >= 4 is 17.8 Å².